The highest BCUT2D eigenvalue weighted by atomic mass is 32.2. The number of hydrogen-bond donors (Lipinski definition) is 3. The van der Waals surface area contributed by atoms with Crippen LogP contribution in [-0.4, -0.2) is 116 Å². The Bertz CT molecular complexity index is 1510. The molecule has 3 N–H and O–H groups in total. The van der Waals surface area contributed by atoms with E-state index in [-0.39, 0.29) is 29.1 Å². The number of aliphatic hydroxyl groups is 1. The van der Waals surface area contributed by atoms with E-state index in [0.717, 1.165) is 43.0 Å². The van der Waals surface area contributed by atoms with Crippen LogP contribution in [-0.2, 0) is 14.9 Å². The van der Waals surface area contributed by atoms with Crippen molar-refractivity contribution in [3.05, 3.63) is 42.1 Å². The second-order valence-corrected chi connectivity index (χ2v) is 14.5. The number of amides is 1. The Kier molecular flexibility index (Phi) is 10.6. The minimum atomic E-state index is -3.60. The summed E-state index contributed by atoms with van der Waals surface area (Å²) in [5.74, 6) is -2.08. The molecular weight excluding hydrogens is 643 g/mol. The molecule has 17 heteroatoms. The van der Waals surface area contributed by atoms with E-state index in [1.165, 1.54) is 25.6 Å². The normalized spacial score (nSPS) is 23.3. The van der Waals surface area contributed by atoms with Crippen molar-refractivity contribution in [1.82, 2.24) is 29.2 Å². The SMILES string of the molecule is CNS(=O)(=O)N[C@@H]1CC[C@](O)(CN2CCC3(CC2)CN(c2ncncc2Oc2ccc(F)cc2C(=O)N(CC(F)F)C(C)C)C3)OC1. The fourth-order valence-corrected chi connectivity index (χ4v) is 7.14. The molecule has 47 heavy (non-hydrogen) atoms. The predicted octanol–water partition coefficient (Wildman–Crippen LogP) is 2.35. The van der Waals surface area contributed by atoms with Gasteiger partial charge >= 0.3 is 0 Å². The summed E-state index contributed by atoms with van der Waals surface area (Å²) in [5.41, 5.74) is -0.157. The van der Waals surface area contributed by atoms with Crippen LogP contribution in [0.2, 0.25) is 0 Å². The van der Waals surface area contributed by atoms with Gasteiger partial charge in [-0.3, -0.25) is 9.69 Å². The number of carbonyl (C=O) groups excluding carboxylic acids is 1. The van der Waals surface area contributed by atoms with Crippen LogP contribution >= 0.6 is 0 Å². The molecule has 0 unspecified atom stereocenters. The van der Waals surface area contributed by atoms with Gasteiger partial charge in [-0.05, 0) is 64.4 Å². The summed E-state index contributed by atoms with van der Waals surface area (Å²) in [5, 5.41) is 11.0. The van der Waals surface area contributed by atoms with Gasteiger partial charge in [-0.1, -0.05) is 0 Å². The molecule has 4 heterocycles. The minimum absolute atomic E-state index is 0.00420. The lowest BCUT2D eigenvalue weighted by molar-refractivity contribution is -0.239. The number of ether oxygens (including phenoxy) is 2. The first kappa shape index (κ1) is 35.2. The maximum Gasteiger partial charge on any atom is 0.276 e. The molecule has 5 rings (SSSR count). The number of nitrogens with one attached hydrogen (secondary N) is 2. The van der Waals surface area contributed by atoms with Crippen molar-refractivity contribution in [3.8, 4) is 11.5 Å². The molecule has 3 aliphatic heterocycles. The topological polar surface area (TPSA) is 149 Å². The molecule has 1 amide bonds. The molecule has 3 aliphatic rings. The number of halogens is 3. The summed E-state index contributed by atoms with van der Waals surface area (Å²) in [7, 11) is -2.27. The van der Waals surface area contributed by atoms with Crippen molar-refractivity contribution < 1.29 is 41.0 Å². The number of piperidine rings is 1. The number of likely N-dealkylation sites (tertiary alicyclic amines) is 1. The van der Waals surface area contributed by atoms with E-state index in [2.05, 4.69) is 24.3 Å². The van der Waals surface area contributed by atoms with Crippen molar-refractivity contribution in [2.75, 3.05) is 57.8 Å². The van der Waals surface area contributed by atoms with Crippen molar-refractivity contribution in [3.63, 3.8) is 0 Å². The third-order valence-electron chi connectivity index (χ3n) is 9.04. The Morgan fingerprint density at radius 2 is 1.94 bits per heavy atom. The quantitative estimate of drug-likeness (QED) is 0.304. The number of nitrogens with zero attached hydrogens (tertiary/aromatic N) is 5. The second-order valence-electron chi connectivity index (χ2n) is 12.8. The van der Waals surface area contributed by atoms with E-state index in [1.54, 1.807) is 13.8 Å². The Labute approximate surface area is 272 Å². The van der Waals surface area contributed by atoms with Crippen LogP contribution in [0, 0.1) is 11.2 Å². The fourth-order valence-electron chi connectivity index (χ4n) is 6.40. The summed E-state index contributed by atoms with van der Waals surface area (Å²) in [6.45, 7) is 5.68. The average Bonchev–Trinajstić information content (AvgIpc) is 3.01. The summed E-state index contributed by atoms with van der Waals surface area (Å²) >= 11 is 0. The molecule has 3 saturated heterocycles. The maximum absolute atomic E-state index is 14.3. The van der Waals surface area contributed by atoms with Gasteiger partial charge in [0.15, 0.2) is 17.4 Å². The summed E-state index contributed by atoms with van der Waals surface area (Å²) in [4.78, 5) is 26.9. The highest BCUT2D eigenvalue weighted by Crippen LogP contribution is 2.45. The first-order chi connectivity index (χ1) is 22.2. The zero-order valence-corrected chi connectivity index (χ0v) is 27.5. The molecule has 13 nitrogen and oxygen atoms in total. The molecule has 1 aromatic carbocycles. The van der Waals surface area contributed by atoms with E-state index in [1.807, 2.05) is 4.90 Å². The summed E-state index contributed by atoms with van der Waals surface area (Å²) in [6, 6.07) is 2.44. The van der Waals surface area contributed by atoms with Gasteiger partial charge in [0.2, 0.25) is 0 Å². The van der Waals surface area contributed by atoms with Crippen LogP contribution in [0.5, 0.6) is 11.5 Å². The Morgan fingerprint density at radius 1 is 1.21 bits per heavy atom. The molecule has 3 fully saturated rings. The van der Waals surface area contributed by atoms with Gasteiger partial charge in [-0.15, -0.1) is 0 Å². The highest BCUT2D eigenvalue weighted by molar-refractivity contribution is 7.87. The first-order valence-corrected chi connectivity index (χ1v) is 17.1. The fraction of sp³-hybridized carbons (Fsp3) is 0.633. The zero-order chi connectivity index (χ0) is 34.0. The van der Waals surface area contributed by atoms with Crippen LogP contribution in [0.4, 0.5) is 19.0 Å². The number of benzene rings is 1. The van der Waals surface area contributed by atoms with E-state index in [4.69, 9.17) is 9.47 Å². The number of hydrogen-bond acceptors (Lipinski definition) is 10. The minimum Gasteiger partial charge on any atom is -0.451 e. The monoisotopic (exact) mass is 685 g/mol. The molecule has 0 radical (unpaired) electrons. The lowest BCUT2D eigenvalue weighted by Gasteiger charge is -2.55. The van der Waals surface area contributed by atoms with Gasteiger partial charge in [0.25, 0.3) is 22.5 Å². The third kappa shape index (κ3) is 8.50. The first-order valence-electron chi connectivity index (χ1n) is 15.6. The average molecular weight is 686 g/mol. The standard InChI is InChI=1S/C30H42F3N7O6S/c1-20(2)40(14-26(32)33)28(41)23-12-21(31)4-5-24(23)46-25-13-35-19-36-27(25)39-16-29(17-39)8-10-38(11-9-29)18-30(42)7-6-22(15-45-30)37-47(43,44)34-3/h4-5,12-13,19-20,22,26,34,37,42H,6-11,14-18H2,1-3H3/t22-,30-/m1/s1. The number of rotatable bonds is 12. The van der Waals surface area contributed by atoms with Gasteiger partial charge in [0.1, 0.15) is 17.9 Å². The highest BCUT2D eigenvalue weighted by Gasteiger charge is 2.47. The van der Waals surface area contributed by atoms with Gasteiger partial charge in [-0.25, -0.2) is 27.9 Å². The molecule has 1 aromatic heterocycles. The largest absolute Gasteiger partial charge is 0.451 e. The number of aromatic nitrogens is 2. The Morgan fingerprint density at radius 3 is 2.55 bits per heavy atom. The van der Waals surface area contributed by atoms with E-state index >= 15 is 0 Å². The zero-order valence-electron chi connectivity index (χ0n) is 26.7. The van der Waals surface area contributed by atoms with Crippen molar-refractivity contribution in [2.24, 2.45) is 5.41 Å². The lowest BCUT2D eigenvalue weighted by Crippen LogP contribution is -2.62. The van der Waals surface area contributed by atoms with E-state index < -0.39 is 52.8 Å². The van der Waals surface area contributed by atoms with Crippen LogP contribution < -0.4 is 19.1 Å². The molecular formula is C30H42F3N7O6S. The lowest BCUT2D eigenvalue weighted by atomic mass is 9.72. The van der Waals surface area contributed by atoms with Crippen molar-refractivity contribution in [1.29, 1.82) is 0 Å². The van der Waals surface area contributed by atoms with Gasteiger partial charge < -0.3 is 24.4 Å². The van der Waals surface area contributed by atoms with Gasteiger partial charge in [0.05, 0.1) is 31.5 Å². The molecule has 1 spiro atoms. The molecule has 2 atom stereocenters. The van der Waals surface area contributed by atoms with Gasteiger partial charge in [0, 0.05) is 44.1 Å². The van der Waals surface area contributed by atoms with Gasteiger partial charge in [-0.2, -0.15) is 13.1 Å². The van der Waals surface area contributed by atoms with Crippen molar-refractivity contribution in [2.45, 2.75) is 63.8 Å². The second kappa shape index (κ2) is 14.2. The summed E-state index contributed by atoms with van der Waals surface area (Å²) < 4.78 is 80.8. The number of anilines is 1. The van der Waals surface area contributed by atoms with Crippen LogP contribution in [0.3, 0.4) is 0 Å². The Hall–Kier alpha value is -3.09. The summed E-state index contributed by atoms with van der Waals surface area (Å²) in [6.07, 6.45) is 2.58. The Balaban J connectivity index is 1.18. The van der Waals surface area contributed by atoms with Crippen LogP contribution in [0.1, 0.15) is 49.9 Å². The predicted molar refractivity (Wildman–Crippen MR) is 166 cm³/mol. The number of carbonyl (C=O) groups is 1. The van der Waals surface area contributed by atoms with Crippen molar-refractivity contribution >= 4 is 21.9 Å². The molecule has 260 valence electrons. The van der Waals surface area contributed by atoms with E-state index in [0.29, 0.717) is 38.3 Å². The number of alkyl halides is 2. The molecule has 0 bridgehead atoms. The van der Waals surface area contributed by atoms with Crippen LogP contribution in [0.25, 0.3) is 0 Å². The molecule has 0 aliphatic carbocycles. The molecule has 2 aromatic rings. The third-order valence-corrected chi connectivity index (χ3v) is 10.2. The number of β-amino-alcohol motifs (C(OH)–C–C–N with tert-alkyl or cyclic N) is 1. The molecule has 0 saturated carbocycles. The van der Waals surface area contributed by atoms with E-state index in [9.17, 15) is 31.5 Å². The maximum atomic E-state index is 14.3. The van der Waals surface area contributed by atoms with Crippen LogP contribution in [0.15, 0.2) is 30.7 Å². The smallest absolute Gasteiger partial charge is 0.276 e.